The molecule has 1 aromatic rings. The Morgan fingerprint density at radius 2 is 2.31 bits per heavy atom. The number of nitrogens with zero attached hydrogens (tertiary/aromatic N) is 2. The van der Waals surface area contributed by atoms with E-state index in [9.17, 15) is 4.79 Å². The van der Waals surface area contributed by atoms with Gasteiger partial charge < -0.3 is 9.47 Å². The Morgan fingerprint density at radius 1 is 1.62 bits per heavy atom. The molecule has 0 spiro atoms. The summed E-state index contributed by atoms with van der Waals surface area (Å²) in [5, 5.41) is -0.452. The third-order valence-corrected chi connectivity index (χ3v) is 2.74. The standard InChI is InChI=1S/C12H19ClN2O/c1-4-7-15(12(16)10(2)13)9-11-6-5-8-14(11)3/h5-6,8,10H,4,7,9H2,1-3H3. The molecule has 0 aliphatic rings. The Labute approximate surface area is 102 Å². The Hall–Kier alpha value is -0.960. The first-order valence-corrected chi connectivity index (χ1v) is 6.03. The minimum absolute atomic E-state index is 0.00437. The summed E-state index contributed by atoms with van der Waals surface area (Å²) in [5.74, 6) is 0.00437. The average molecular weight is 243 g/mol. The quantitative estimate of drug-likeness (QED) is 0.728. The Bertz CT molecular complexity index is 347. The largest absolute Gasteiger partial charge is 0.353 e. The molecule has 16 heavy (non-hydrogen) atoms. The van der Waals surface area contributed by atoms with Gasteiger partial charge in [0.25, 0.3) is 0 Å². The van der Waals surface area contributed by atoms with Crippen molar-refractivity contribution in [3.8, 4) is 0 Å². The fourth-order valence-corrected chi connectivity index (χ4v) is 1.78. The molecular weight excluding hydrogens is 224 g/mol. The van der Waals surface area contributed by atoms with E-state index in [2.05, 4.69) is 6.92 Å². The predicted molar refractivity (Wildman–Crippen MR) is 66.4 cm³/mol. The topological polar surface area (TPSA) is 25.2 Å². The van der Waals surface area contributed by atoms with Crippen molar-refractivity contribution in [1.29, 1.82) is 0 Å². The summed E-state index contributed by atoms with van der Waals surface area (Å²) < 4.78 is 2.02. The first kappa shape index (κ1) is 13.1. The van der Waals surface area contributed by atoms with Gasteiger partial charge >= 0.3 is 0 Å². The molecule has 0 saturated carbocycles. The molecule has 0 N–H and O–H groups in total. The third-order valence-electron chi connectivity index (χ3n) is 2.55. The summed E-state index contributed by atoms with van der Waals surface area (Å²) in [6.07, 6.45) is 2.92. The van der Waals surface area contributed by atoms with E-state index >= 15 is 0 Å². The van der Waals surface area contributed by atoms with Crippen LogP contribution >= 0.6 is 11.6 Å². The third kappa shape index (κ3) is 3.27. The predicted octanol–water partition coefficient (Wildman–Crippen LogP) is 2.39. The SMILES string of the molecule is CCCN(Cc1cccn1C)C(=O)C(C)Cl. The molecule has 0 radical (unpaired) electrons. The van der Waals surface area contributed by atoms with E-state index in [0.717, 1.165) is 18.7 Å². The highest BCUT2D eigenvalue weighted by Crippen LogP contribution is 2.09. The highest BCUT2D eigenvalue weighted by molar-refractivity contribution is 6.30. The molecule has 90 valence electrons. The summed E-state index contributed by atoms with van der Waals surface area (Å²) >= 11 is 5.84. The molecule has 1 amide bonds. The second-order valence-electron chi connectivity index (χ2n) is 3.99. The summed E-state index contributed by atoms with van der Waals surface area (Å²) in [4.78, 5) is 13.7. The van der Waals surface area contributed by atoms with Gasteiger partial charge in [-0.3, -0.25) is 4.79 Å². The number of hydrogen-bond donors (Lipinski definition) is 0. The lowest BCUT2D eigenvalue weighted by molar-refractivity contribution is -0.131. The van der Waals surface area contributed by atoms with Crippen LogP contribution in [0.4, 0.5) is 0 Å². The molecule has 0 aliphatic heterocycles. The van der Waals surface area contributed by atoms with Crippen molar-refractivity contribution in [2.45, 2.75) is 32.2 Å². The van der Waals surface area contributed by atoms with E-state index in [1.807, 2.05) is 34.8 Å². The zero-order valence-corrected chi connectivity index (χ0v) is 10.9. The molecule has 1 unspecified atom stereocenters. The van der Waals surface area contributed by atoms with Gasteiger partial charge in [0, 0.05) is 25.5 Å². The Kier molecular flexibility index (Phi) is 4.87. The average Bonchev–Trinajstić information content (AvgIpc) is 2.62. The lowest BCUT2D eigenvalue weighted by atomic mass is 10.3. The van der Waals surface area contributed by atoms with Gasteiger partial charge in [-0.2, -0.15) is 0 Å². The lowest BCUT2D eigenvalue weighted by Crippen LogP contribution is -2.36. The van der Waals surface area contributed by atoms with E-state index in [1.165, 1.54) is 0 Å². The Balaban J connectivity index is 2.72. The number of carbonyl (C=O) groups is 1. The van der Waals surface area contributed by atoms with Crippen LogP contribution in [0.5, 0.6) is 0 Å². The highest BCUT2D eigenvalue weighted by Gasteiger charge is 2.18. The van der Waals surface area contributed by atoms with E-state index < -0.39 is 5.38 Å². The molecule has 1 aromatic heterocycles. The second kappa shape index (κ2) is 5.94. The van der Waals surface area contributed by atoms with Gasteiger partial charge in [0.15, 0.2) is 0 Å². The first-order valence-electron chi connectivity index (χ1n) is 5.59. The fraction of sp³-hybridized carbons (Fsp3) is 0.583. The molecule has 1 heterocycles. The molecule has 0 aromatic carbocycles. The number of carbonyl (C=O) groups excluding carboxylic acids is 1. The minimum Gasteiger partial charge on any atom is -0.353 e. The van der Waals surface area contributed by atoms with E-state index in [4.69, 9.17) is 11.6 Å². The van der Waals surface area contributed by atoms with Gasteiger partial charge in [0.1, 0.15) is 5.38 Å². The zero-order valence-electron chi connectivity index (χ0n) is 10.1. The maximum atomic E-state index is 11.9. The molecule has 0 bridgehead atoms. The van der Waals surface area contributed by atoms with Crippen LogP contribution in [-0.2, 0) is 18.4 Å². The van der Waals surface area contributed by atoms with Gasteiger partial charge in [-0.1, -0.05) is 6.92 Å². The number of aryl methyl sites for hydroxylation is 1. The normalized spacial score (nSPS) is 12.5. The number of amides is 1. The molecule has 0 aliphatic carbocycles. The van der Waals surface area contributed by atoms with Crippen LogP contribution in [0.15, 0.2) is 18.3 Å². The van der Waals surface area contributed by atoms with Gasteiger partial charge in [0.05, 0.1) is 6.54 Å². The summed E-state index contributed by atoms with van der Waals surface area (Å²) in [5.41, 5.74) is 1.12. The molecule has 0 fully saturated rings. The van der Waals surface area contributed by atoms with Crippen molar-refractivity contribution in [3.63, 3.8) is 0 Å². The highest BCUT2D eigenvalue weighted by atomic mass is 35.5. The van der Waals surface area contributed by atoms with Crippen LogP contribution in [0.2, 0.25) is 0 Å². The fourth-order valence-electron chi connectivity index (χ4n) is 1.64. The monoisotopic (exact) mass is 242 g/mol. The van der Waals surface area contributed by atoms with Gasteiger partial charge in [-0.15, -0.1) is 11.6 Å². The molecule has 4 heteroatoms. The van der Waals surface area contributed by atoms with Crippen molar-refractivity contribution in [2.24, 2.45) is 7.05 Å². The molecule has 1 atom stereocenters. The van der Waals surface area contributed by atoms with Crippen molar-refractivity contribution in [1.82, 2.24) is 9.47 Å². The number of halogens is 1. The van der Waals surface area contributed by atoms with Crippen LogP contribution in [0.25, 0.3) is 0 Å². The van der Waals surface area contributed by atoms with Crippen molar-refractivity contribution >= 4 is 17.5 Å². The Morgan fingerprint density at radius 3 is 2.75 bits per heavy atom. The van der Waals surface area contributed by atoms with E-state index in [-0.39, 0.29) is 5.91 Å². The van der Waals surface area contributed by atoms with Gasteiger partial charge in [-0.25, -0.2) is 0 Å². The molecular formula is C12H19ClN2O. The van der Waals surface area contributed by atoms with Gasteiger partial charge in [0.2, 0.25) is 5.91 Å². The van der Waals surface area contributed by atoms with Crippen molar-refractivity contribution in [2.75, 3.05) is 6.54 Å². The maximum absolute atomic E-state index is 11.9. The minimum atomic E-state index is -0.452. The van der Waals surface area contributed by atoms with E-state index in [0.29, 0.717) is 6.54 Å². The summed E-state index contributed by atoms with van der Waals surface area (Å²) in [6, 6.07) is 4.00. The van der Waals surface area contributed by atoms with Crippen LogP contribution in [0.3, 0.4) is 0 Å². The molecule has 3 nitrogen and oxygen atoms in total. The smallest absolute Gasteiger partial charge is 0.240 e. The van der Waals surface area contributed by atoms with Crippen LogP contribution < -0.4 is 0 Å². The first-order chi connectivity index (χ1) is 7.56. The number of aromatic nitrogens is 1. The molecule has 1 rings (SSSR count). The van der Waals surface area contributed by atoms with Crippen LogP contribution in [0.1, 0.15) is 26.0 Å². The molecule has 0 saturated heterocycles. The van der Waals surface area contributed by atoms with Crippen molar-refractivity contribution < 1.29 is 4.79 Å². The number of alkyl halides is 1. The van der Waals surface area contributed by atoms with E-state index in [1.54, 1.807) is 6.92 Å². The van der Waals surface area contributed by atoms with Crippen LogP contribution in [0, 0.1) is 0 Å². The van der Waals surface area contributed by atoms with Gasteiger partial charge in [-0.05, 0) is 25.5 Å². The number of hydrogen-bond acceptors (Lipinski definition) is 1. The summed E-state index contributed by atoms with van der Waals surface area (Å²) in [7, 11) is 1.98. The second-order valence-corrected chi connectivity index (χ2v) is 4.64. The lowest BCUT2D eigenvalue weighted by Gasteiger charge is -2.23. The number of rotatable bonds is 5. The summed E-state index contributed by atoms with van der Waals surface area (Å²) in [6.45, 7) is 5.16. The maximum Gasteiger partial charge on any atom is 0.240 e. The van der Waals surface area contributed by atoms with Crippen molar-refractivity contribution in [3.05, 3.63) is 24.0 Å². The van der Waals surface area contributed by atoms with Crippen LogP contribution in [-0.4, -0.2) is 27.3 Å². The zero-order chi connectivity index (χ0) is 12.1.